The summed E-state index contributed by atoms with van der Waals surface area (Å²) in [4.78, 5) is 0. The van der Waals surface area contributed by atoms with E-state index in [1.54, 1.807) is 48.5 Å². The van der Waals surface area contributed by atoms with E-state index in [1.807, 2.05) is 0 Å². The Morgan fingerprint density at radius 3 is 2.29 bits per heavy atom. The zero-order chi connectivity index (χ0) is 17.1. The second-order valence-electron chi connectivity index (χ2n) is 5.50. The fourth-order valence-corrected chi connectivity index (χ4v) is 2.37. The molecule has 0 aliphatic carbocycles. The second kappa shape index (κ2) is 6.79. The summed E-state index contributed by atoms with van der Waals surface area (Å²) in [5.41, 5.74) is 1.92. The molecule has 3 aromatic carbocycles. The van der Waals surface area contributed by atoms with E-state index < -0.39 is 11.6 Å². The molecule has 0 bridgehead atoms. The van der Waals surface area contributed by atoms with Gasteiger partial charge in [-0.3, -0.25) is 0 Å². The smallest absolute Gasteiger partial charge is 0.166 e. The molecule has 122 valence electrons. The van der Waals surface area contributed by atoms with Crippen LogP contribution >= 0.6 is 0 Å². The van der Waals surface area contributed by atoms with Crippen LogP contribution in [0.15, 0.2) is 60.7 Å². The van der Waals surface area contributed by atoms with Gasteiger partial charge in [0.2, 0.25) is 0 Å². The zero-order valence-corrected chi connectivity index (χ0v) is 13.0. The van der Waals surface area contributed by atoms with Gasteiger partial charge in [0.05, 0.1) is 0 Å². The van der Waals surface area contributed by atoms with Gasteiger partial charge in [-0.2, -0.15) is 0 Å². The maximum atomic E-state index is 14.0. The highest BCUT2D eigenvalue weighted by molar-refractivity contribution is 5.65. The Morgan fingerprint density at radius 2 is 1.58 bits per heavy atom. The predicted molar refractivity (Wildman–Crippen MR) is 87.3 cm³/mol. The third kappa shape index (κ3) is 3.43. The first-order valence-electron chi connectivity index (χ1n) is 7.47. The van der Waals surface area contributed by atoms with Crippen LogP contribution in [-0.4, -0.2) is 0 Å². The van der Waals surface area contributed by atoms with Crippen LogP contribution < -0.4 is 4.74 Å². The first-order chi connectivity index (χ1) is 11.5. The fourth-order valence-electron chi connectivity index (χ4n) is 2.37. The van der Waals surface area contributed by atoms with Gasteiger partial charge in [-0.05, 0) is 35.7 Å². The molecule has 0 radical (unpaired) electrons. The third-order valence-corrected chi connectivity index (χ3v) is 3.74. The first-order valence-corrected chi connectivity index (χ1v) is 7.47. The molecule has 0 aliphatic heterocycles. The molecule has 1 nitrogen and oxygen atoms in total. The summed E-state index contributed by atoms with van der Waals surface area (Å²) < 4.78 is 46.3. The van der Waals surface area contributed by atoms with Crippen molar-refractivity contribution < 1.29 is 17.9 Å². The molecule has 0 spiro atoms. The van der Waals surface area contributed by atoms with Crippen LogP contribution in [0.1, 0.15) is 11.1 Å². The molecule has 0 aromatic heterocycles. The van der Waals surface area contributed by atoms with Crippen molar-refractivity contribution >= 4 is 0 Å². The average Bonchev–Trinajstić information content (AvgIpc) is 2.59. The quantitative estimate of drug-likeness (QED) is 0.600. The van der Waals surface area contributed by atoms with Gasteiger partial charge in [0.25, 0.3) is 0 Å². The minimum absolute atomic E-state index is 0.218. The van der Waals surface area contributed by atoms with Crippen LogP contribution in [0.3, 0.4) is 0 Å². The van der Waals surface area contributed by atoms with Gasteiger partial charge in [-0.25, -0.2) is 13.2 Å². The summed E-state index contributed by atoms with van der Waals surface area (Å²) in [6, 6.07) is 16.0. The van der Waals surface area contributed by atoms with Crippen LogP contribution in [0.5, 0.6) is 5.75 Å². The number of ether oxygens (including phenoxy) is 1. The Bertz CT molecular complexity index is 857. The van der Waals surface area contributed by atoms with Gasteiger partial charge in [0, 0.05) is 11.6 Å². The molecule has 0 saturated heterocycles. The number of aryl methyl sites for hydroxylation is 1. The van der Waals surface area contributed by atoms with Crippen LogP contribution in [0.2, 0.25) is 0 Å². The highest BCUT2D eigenvalue weighted by atomic mass is 19.2. The molecule has 3 rings (SSSR count). The molecule has 0 N–H and O–H groups in total. The van der Waals surface area contributed by atoms with Crippen molar-refractivity contribution in [3.05, 3.63) is 89.2 Å². The average molecular weight is 328 g/mol. The normalized spacial score (nSPS) is 10.7. The number of benzene rings is 3. The molecule has 0 amide bonds. The molecule has 4 heteroatoms. The van der Waals surface area contributed by atoms with Gasteiger partial charge in [-0.15, -0.1) is 0 Å². The molecular weight excluding hydrogens is 313 g/mol. The lowest BCUT2D eigenvalue weighted by molar-refractivity contribution is 0.304. The Morgan fingerprint density at radius 1 is 0.833 bits per heavy atom. The molecule has 0 heterocycles. The predicted octanol–water partition coefficient (Wildman–Crippen LogP) is 5.66. The molecule has 0 aliphatic rings. The van der Waals surface area contributed by atoms with Crippen LogP contribution in [0.25, 0.3) is 11.1 Å². The lowest BCUT2D eigenvalue weighted by Crippen LogP contribution is -1.96. The number of rotatable bonds is 4. The zero-order valence-electron chi connectivity index (χ0n) is 13.0. The van der Waals surface area contributed by atoms with Crippen LogP contribution in [-0.2, 0) is 6.61 Å². The number of hydrogen-bond donors (Lipinski definition) is 0. The van der Waals surface area contributed by atoms with E-state index in [4.69, 9.17) is 4.74 Å². The van der Waals surface area contributed by atoms with Crippen molar-refractivity contribution in [1.82, 2.24) is 0 Å². The molecule has 24 heavy (non-hydrogen) atoms. The monoisotopic (exact) mass is 328 g/mol. The van der Waals surface area contributed by atoms with Gasteiger partial charge in [0.15, 0.2) is 11.6 Å². The summed E-state index contributed by atoms with van der Waals surface area (Å²) >= 11 is 0. The third-order valence-electron chi connectivity index (χ3n) is 3.74. The summed E-state index contributed by atoms with van der Waals surface area (Å²) in [6.45, 7) is 1.78. The Labute approximate surface area is 138 Å². The highest BCUT2D eigenvalue weighted by Gasteiger charge is 2.12. The van der Waals surface area contributed by atoms with Crippen molar-refractivity contribution in [3.63, 3.8) is 0 Å². The fraction of sp³-hybridized carbons (Fsp3) is 0.100. The van der Waals surface area contributed by atoms with E-state index in [0.29, 0.717) is 11.3 Å². The van der Waals surface area contributed by atoms with E-state index in [2.05, 4.69) is 0 Å². The first kappa shape index (κ1) is 16.1. The van der Waals surface area contributed by atoms with Crippen LogP contribution in [0.4, 0.5) is 13.2 Å². The topological polar surface area (TPSA) is 9.23 Å². The van der Waals surface area contributed by atoms with Crippen molar-refractivity contribution in [3.8, 4) is 16.9 Å². The molecule has 3 aromatic rings. The summed E-state index contributed by atoms with van der Waals surface area (Å²) in [5.74, 6) is -1.60. The number of halogens is 3. The minimum atomic E-state index is -0.848. The Balaban J connectivity index is 1.75. The molecule has 0 fully saturated rings. The van der Waals surface area contributed by atoms with E-state index >= 15 is 0 Å². The molecular formula is C20H15F3O. The lowest BCUT2D eigenvalue weighted by Gasteiger charge is -2.09. The highest BCUT2D eigenvalue weighted by Crippen LogP contribution is 2.26. The van der Waals surface area contributed by atoms with Crippen molar-refractivity contribution in [2.24, 2.45) is 0 Å². The van der Waals surface area contributed by atoms with Gasteiger partial charge in [0.1, 0.15) is 18.2 Å². The van der Waals surface area contributed by atoms with E-state index in [0.717, 1.165) is 5.56 Å². The summed E-state index contributed by atoms with van der Waals surface area (Å²) in [7, 11) is 0. The molecule has 0 atom stereocenters. The van der Waals surface area contributed by atoms with E-state index in [9.17, 15) is 13.2 Å². The SMILES string of the molecule is Cc1ccc(-c2ccc(COc3cccc(F)c3)cc2)c(F)c1F. The number of hydrogen-bond acceptors (Lipinski definition) is 1. The summed E-state index contributed by atoms with van der Waals surface area (Å²) in [5, 5.41) is 0. The minimum Gasteiger partial charge on any atom is -0.489 e. The van der Waals surface area contributed by atoms with Gasteiger partial charge in [-0.1, -0.05) is 42.5 Å². The molecule has 0 unspecified atom stereocenters. The summed E-state index contributed by atoms with van der Waals surface area (Å²) in [6.07, 6.45) is 0. The maximum absolute atomic E-state index is 14.0. The van der Waals surface area contributed by atoms with E-state index in [1.165, 1.54) is 19.1 Å². The van der Waals surface area contributed by atoms with Crippen molar-refractivity contribution in [2.45, 2.75) is 13.5 Å². The van der Waals surface area contributed by atoms with Crippen molar-refractivity contribution in [2.75, 3.05) is 0 Å². The Hall–Kier alpha value is -2.75. The van der Waals surface area contributed by atoms with Gasteiger partial charge < -0.3 is 4.74 Å². The van der Waals surface area contributed by atoms with Crippen LogP contribution in [0, 0.1) is 24.4 Å². The lowest BCUT2D eigenvalue weighted by atomic mass is 10.0. The second-order valence-corrected chi connectivity index (χ2v) is 5.50. The maximum Gasteiger partial charge on any atom is 0.166 e. The van der Waals surface area contributed by atoms with Crippen molar-refractivity contribution in [1.29, 1.82) is 0 Å². The van der Waals surface area contributed by atoms with E-state index in [-0.39, 0.29) is 23.6 Å². The largest absolute Gasteiger partial charge is 0.489 e. The standard InChI is InChI=1S/C20H15F3O/c1-13-5-10-18(20(23)19(13)22)15-8-6-14(7-9-15)12-24-17-4-2-3-16(21)11-17/h2-11H,12H2,1H3. The van der Waals surface area contributed by atoms with Gasteiger partial charge >= 0.3 is 0 Å². The molecule has 0 saturated carbocycles. The Kier molecular flexibility index (Phi) is 4.56.